The van der Waals surface area contributed by atoms with Gasteiger partial charge in [0.1, 0.15) is 6.54 Å². The summed E-state index contributed by atoms with van der Waals surface area (Å²) in [5.74, 6) is 1.08. The molecule has 0 saturated heterocycles. The van der Waals surface area contributed by atoms with Crippen molar-refractivity contribution in [3.63, 3.8) is 0 Å². The number of rotatable bonds is 6. The van der Waals surface area contributed by atoms with E-state index in [2.05, 4.69) is 15.6 Å². The van der Waals surface area contributed by atoms with Gasteiger partial charge in [-0.1, -0.05) is 5.21 Å². The van der Waals surface area contributed by atoms with Crippen LogP contribution in [0, 0.1) is 6.92 Å². The van der Waals surface area contributed by atoms with Gasteiger partial charge in [0, 0.05) is 18.4 Å². The fourth-order valence-electron chi connectivity index (χ4n) is 2.33. The lowest BCUT2D eigenvalue weighted by molar-refractivity contribution is -0.117. The van der Waals surface area contributed by atoms with Gasteiger partial charge >= 0.3 is 0 Å². The van der Waals surface area contributed by atoms with Gasteiger partial charge in [0.15, 0.2) is 11.5 Å². The van der Waals surface area contributed by atoms with E-state index < -0.39 is 0 Å². The van der Waals surface area contributed by atoms with Gasteiger partial charge in [-0.15, -0.1) is 5.10 Å². The molecule has 8 nitrogen and oxygen atoms in total. The number of fused-ring (bicyclic) bond motifs is 1. The Balaban J connectivity index is 1.62. The Kier molecular flexibility index (Phi) is 4.42. The number of nitrogens with one attached hydrogen (secondary N) is 1. The molecule has 2 aromatic rings. The molecule has 0 radical (unpaired) electrons. The maximum Gasteiger partial charge on any atom is 0.246 e. The maximum atomic E-state index is 12.1. The van der Waals surface area contributed by atoms with E-state index in [1.807, 2.05) is 6.92 Å². The first-order valence-electron chi connectivity index (χ1n) is 7.36. The topological polar surface area (TPSA) is 98.5 Å². The van der Waals surface area contributed by atoms with E-state index in [4.69, 9.17) is 14.6 Å². The number of anilines is 1. The number of hydrogen-bond acceptors (Lipinski definition) is 6. The molecule has 1 aromatic carbocycles. The zero-order chi connectivity index (χ0) is 16.2. The van der Waals surface area contributed by atoms with Crippen molar-refractivity contribution in [1.29, 1.82) is 0 Å². The summed E-state index contributed by atoms with van der Waals surface area (Å²) in [6.45, 7) is 2.24. The van der Waals surface area contributed by atoms with Crippen LogP contribution in [0.5, 0.6) is 11.5 Å². The molecular formula is C15H18N4O4. The van der Waals surface area contributed by atoms with E-state index in [9.17, 15) is 4.79 Å². The molecule has 2 heterocycles. The van der Waals surface area contributed by atoms with Crippen molar-refractivity contribution in [2.75, 3.05) is 18.7 Å². The van der Waals surface area contributed by atoms with Crippen LogP contribution in [0.3, 0.4) is 0 Å². The first kappa shape index (κ1) is 15.3. The second-order valence-corrected chi connectivity index (χ2v) is 5.22. The molecule has 8 heteroatoms. The minimum absolute atomic E-state index is 0.0758. The summed E-state index contributed by atoms with van der Waals surface area (Å²) in [6.07, 6.45) is 1.27. The van der Waals surface area contributed by atoms with E-state index in [0.717, 1.165) is 11.4 Å². The Labute approximate surface area is 133 Å². The second kappa shape index (κ2) is 6.66. The normalized spacial score (nSPS) is 12.4. The molecule has 23 heavy (non-hydrogen) atoms. The highest BCUT2D eigenvalue weighted by Gasteiger charge is 2.15. The molecular weight excluding hydrogens is 300 g/mol. The lowest BCUT2D eigenvalue weighted by Gasteiger charge is -2.07. The Morgan fingerprint density at radius 3 is 3.04 bits per heavy atom. The number of hydrogen-bond donors (Lipinski definition) is 2. The van der Waals surface area contributed by atoms with Crippen LogP contribution in [0.2, 0.25) is 0 Å². The van der Waals surface area contributed by atoms with Gasteiger partial charge in [-0.3, -0.25) is 4.79 Å². The molecule has 3 rings (SSSR count). The summed E-state index contributed by atoms with van der Waals surface area (Å²) in [5, 5.41) is 19.7. The van der Waals surface area contributed by atoms with E-state index in [1.165, 1.54) is 0 Å². The van der Waals surface area contributed by atoms with Gasteiger partial charge in [0.25, 0.3) is 0 Å². The third-order valence-corrected chi connectivity index (χ3v) is 3.60. The van der Waals surface area contributed by atoms with Gasteiger partial charge < -0.3 is 19.9 Å². The molecule has 0 fully saturated rings. The molecule has 0 atom stereocenters. The van der Waals surface area contributed by atoms with Gasteiger partial charge in [-0.2, -0.15) is 0 Å². The van der Waals surface area contributed by atoms with Gasteiger partial charge in [0.2, 0.25) is 12.7 Å². The molecule has 0 saturated carbocycles. The van der Waals surface area contributed by atoms with Crippen molar-refractivity contribution >= 4 is 11.6 Å². The number of aromatic nitrogens is 3. The zero-order valence-corrected chi connectivity index (χ0v) is 12.8. The summed E-state index contributed by atoms with van der Waals surface area (Å²) in [7, 11) is 0. The molecule has 1 aromatic heterocycles. The summed E-state index contributed by atoms with van der Waals surface area (Å²) in [4.78, 5) is 12.1. The van der Waals surface area contributed by atoms with Crippen molar-refractivity contribution in [3.05, 3.63) is 29.6 Å². The van der Waals surface area contributed by atoms with Crippen LogP contribution in [0.1, 0.15) is 17.8 Å². The van der Waals surface area contributed by atoms with Gasteiger partial charge in [-0.25, -0.2) is 4.68 Å². The minimum Gasteiger partial charge on any atom is -0.454 e. The molecule has 0 unspecified atom stereocenters. The number of benzene rings is 1. The van der Waals surface area contributed by atoms with E-state index in [1.54, 1.807) is 22.9 Å². The van der Waals surface area contributed by atoms with E-state index in [-0.39, 0.29) is 25.9 Å². The summed E-state index contributed by atoms with van der Waals surface area (Å²) < 4.78 is 12.1. The Hall–Kier alpha value is -2.61. The molecule has 0 aliphatic carbocycles. The largest absolute Gasteiger partial charge is 0.454 e. The third-order valence-electron chi connectivity index (χ3n) is 3.60. The maximum absolute atomic E-state index is 12.1. The SMILES string of the molecule is Cc1c(CCCO)nnn1CC(=O)Nc1ccc2c(c1)OCO2. The zero-order valence-electron chi connectivity index (χ0n) is 12.8. The van der Waals surface area contributed by atoms with Crippen LogP contribution in [0.15, 0.2) is 18.2 Å². The summed E-state index contributed by atoms with van der Waals surface area (Å²) in [5.41, 5.74) is 2.27. The summed E-state index contributed by atoms with van der Waals surface area (Å²) >= 11 is 0. The van der Waals surface area contributed by atoms with Crippen LogP contribution in [-0.4, -0.2) is 39.4 Å². The average Bonchev–Trinajstić information content (AvgIpc) is 3.13. The third kappa shape index (κ3) is 3.42. The molecule has 0 bridgehead atoms. The van der Waals surface area contributed by atoms with Crippen LogP contribution < -0.4 is 14.8 Å². The van der Waals surface area contributed by atoms with E-state index in [0.29, 0.717) is 30.0 Å². The molecule has 1 aliphatic heterocycles. The molecule has 1 amide bonds. The Bertz CT molecular complexity index is 713. The smallest absolute Gasteiger partial charge is 0.246 e. The summed E-state index contributed by atoms with van der Waals surface area (Å²) in [6, 6.07) is 5.24. The highest BCUT2D eigenvalue weighted by atomic mass is 16.7. The number of ether oxygens (including phenoxy) is 2. The number of aliphatic hydroxyl groups excluding tert-OH is 1. The Morgan fingerprint density at radius 1 is 1.39 bits per heavy atom. The molecule has 122 valence electrons. The van der Waals surface area contributed by atoms with Crippen LogP contribution in [0.4, 0.5) is 5.69 Å². The van der Waals surface area contributed by atoms with Gasteiger partial charge in [-0.05, 0) is 31.9 Å². The lowest BCUT2D eigenvalue weighted by Crippen LogP contribution is -2.20. The van der Waals surface area contributed by atoms with Crippen LogP contribution in [-0.2, 0) is 17.8 Å². The Morgan fingerprint density at radius 2 is 2.22 bits per heavy atom. The van der Waals surface area contributed by atoms with Crippen LogP contribution in [0.25, 0.3) is 0 Å². The van der Waals surface area contributed by atoms with Crippen molar-refractivity contribution in [2.45, 2.75) is 26.3 Å². The highest BCUT2D eigenvalue weighted by Crippen LogP contribution is 2.34. The fraction of sp³-hybridized carbons (Fsp3) is 0.400. The van der Waals surface area contributed by atoms with E-state index >= 15 is 0 Å². The van der Waals surface area contributed by atoms with Crippen molar-refractivity contribution < 1.29 is 19.4 Å². The standard InChI is InChI=1S/C15H18N4O4/c1-10-12(3-2-6-20)17-18-19(10)8-15(21)16-11-4-5-13-14(7-11)23-9-22-13/h4-5,7,20H,2-3,6,8-9H2,1H3,(H,16,21). The first-order chi connectivity index (χ1) is 11.2. The number of aryl methyl sites for hydroxylation is 1. The van der Waals surface area contributed by atoms with Crippen molar-refractivity contribution in [2.24, 2.45) is 0 Å². The molecule has 1 aliphatic rings. The number of carbonyl (C=O) groups excluding carboxylic acids is 1. The lowest BCUT2D eigenvalue weighted by atomic mass is 10.2. The van der Waals surface area contributed by atoms with Gasteiger partial charge in [0.05, 0.1) is 11.4 Å². The second-order valence-electron chi connectivity index (χ2n) is 5.22. The average molecular weight is 318 g/mol. The quantitative estimate of drug-likeness (QED) is 0.820. The number of nitrogens with zero attached hydrogens (tertiary/aromatic N) is 3. The number of carbonyl (C=O) groups is 1. The number of aliphatic hydroxyl groups is 1. The fourth-order valence-corrected chi connectivity index (χ4v) is 2.33. The monoisotopic (exact) mass is 318 g/mol. The number of amides is 1. The minimum atomic E-state index is -0.203. The predicted octanol–water partition coefficient (Wildman–Crippen LogP) is 0.879. The first-order valence-corrected chi connectivity index (χ1v) is 7.36. The molecule has 2 N–H and O–H groups in total. The predicted molar refractivity (Wildman–Crippen MR) is 81.4 cm³/mol. The molecule has 0 spiro atoms. The van der Waals surface area contributed by atoms with Crippen molar-refractivity contribution in [3.8, 4) is 11.5 Å². The highest BCUT2D eigenvalue weighted by molar-refractivity contribution is 5.90. The van der Waals surface area contributed by atoms with Crippen LogP contribution >= 0.6 is 0 Å². The van der Waals surface area contributed by atoms with Crippen molar-refractivity contribution in [1.82, 2.24) is 15.0 Å².